The predicted octanol–water partition coefficient (Wildman–Crippen LogP) is 4.39. The van der Waals surface area contributed by atoms with Gasteiger partial charge in [-0.15, -0.1) is 0 Å². The van der Waals surface area contributed by atoms with E-state index in [1.165, 1.54) is 21.6 Å². The zero-order chi connectivity index (χ0) is 14.7. The molecule has 104 valence electrons. The van der Waals surface area contributed by atoms with E-state index >= 15 is 0 Å². The summed E-state index contributed by atoms with van der Waals surface area (Å²) in [7, 11) is 0. The highest BCUT2D eigenvalue weighted by Crippen LogP contribution is 2.34. The van der Waals surface area contributed by atoms with Gasteiger partial charge in [-0.25, -0.2) is 0 Å². The average molecular weight is 286 g/mol. The molecule has 3 heteroatoms. The van der Waals surface area contributed by atoms with Gasteiger partial charge < -0.3 is 5.11 Å². The van der Waals surface area contributed by atoms with Gasteiger partial charge in [0.2, 0.25) is 0 Å². The van der Waals surface area contributed by atoms with Gasteiger partial charge in [-0.3, -0.25) is 4.79 Å². The Kier molecular flexibility index (Phi) is 4.50. The van der Waals surface area contributed by atoms with E-state index in [1.807, 2.05) is 24.3 Å². The summed E-state index contributed by atoms with van der Waals surface area (Å²) >= 11 is 1.70. The van der Waals surface area contributed by atoms with Gasteiger partial charge >= 0.3 is 5.97 Å². The molecule has 0 saturated carbocycles. The largest absolute Gasteiger partial charge is 0.481 e. The second-order valence-corrected chi connectivity index (χ2v) is 6.13. The average Bonchev–Trinajstić information content (AvgIpc) is 2.33. The molecular formula is C17H18O2S. The summed E-state index contributed by atoms with van der Waals surface area (Å²) in [6.07, 6.45) is 0.0697. The minimum absolute atomic E-state index is 0.0697. The third kappa shape index (κ3) is 3.64. The van der Waals surface area contributed by atoms with E-state index in [0.29, 0.717) is 0 Å². The van der Waals surface area contributed by atoms with Gasteiger partial charge in [0.25, 0.3) is 0 Å². The Labute approximate surface area is 123 Å². The maximum absolute atomic E-state index is 10.8. The van der Waals surface area contributed by atoms with Crippen LogP contribution in [0.25, 0.3) is 0 Å². The van der Waals surface area contributed by atoms with Crippen LogP contribution in [0.2, 0.25) is 0 Å². The van der Waals surface area contributed by atoms with Crippen LogP contribution in [0.1, 0.15) is 22.3 Å². The minimum Gasteiger partial charge on any atom is -0.481 e. The lowest BCUT2D eigenvalue weighted by atomic mass is 10.1. The molecule has 0 bridgehead atoms. The first-order chi connectivity index (χ1) is 9.45. The Morgan fingerprint density at radius 3 is 2.35 bits per heavy atom. The Bertz CT molecular complexity index is 624. The third-order valence-corrected chi connectivity index (χ3v) is 4.42. The number of carbonyl (C=O) groups is 1. The van der Waals surface area contributed by atoms with Crippen molar-refractivity contribution in [2.75, 3.05) is 0 Å². The number of carboxylic acids is 1. The van der Waals surface area contributed by atoms with Gasteiger partial charge in [-0.05, 0) is 49.6 Å². The first kappa shape index (κ1) is 14.7. The molecule has 1 N–H and O–H groups in total. The number of benzene rings is 2. The van der Waals surface area contributed by atoms with Crippen LogP contribution in [0.3, 0.4) is 0 Å². The summed E-state index contributed by atoms with van der Waals surface area (Å²) in [5, 5.41) is 8.86. The molecule has 0 aliphatic carbocycles. The van der Waals surface area contributed by atoms with Crippen molar-refractivity contribution in [3.8, 4) is 0 Å². The highest BCUT2D eigenvalue weighted by molar-refractivity contribution is 7.99. The molecule has 0 radical (unpaired) electrons. The molecule has 0 aromatic heterocycles. The van der Waals surface area contributed by atoms with Crippen LogP contribution in [0, 0.1) is 20.8 Å². The monoisotopic (exact) mass is 286 g/mol. The standard InChI is InChI=1S/C17H18O2S/c1-11-7-12(2)17(13(3)8-11)20-15-6-4-5-14(9-15)10-16(18)19/h4-9H,10H2,1-3H3,(H,18,19). The number of aryl methyl sites for hydroxylation is 3. The highest BCUT2D eigenvalue weighted by Gasteiger charge is 2.07. The fourth-order valence-electron chi connectivity index (χ4n) is 2.34. The molecule has 0 amide bonds. The number of aliphatic carboxylic acids is 1. The predicted molar refractivity (Wildman–Crippen MR) is 82.6 cm³/mol. The molecule has 20 heavy (non-hydrogen) atoms. The van der Waals surface area contributed by atoms with Crippen LogP contribution in [0.4, 0.5) is 0 Å². The van der Waals surface area contributed by atoms with Crippen molar-refractivity contribution in [1.29, 1.82) is 0 Å². The maximum Gasteiger partial charge on any atom is 0.307 e. The number of carboxylic acid groups (broad SMARTS) is 1. The van der Waals surface area contributed by atoms with Crippen LogP contribution < -0.4 is 0 Å². The first-order valence-corrected chi connectivity index (χ1v) is 7.34. The molecule has 2 nitrogen and oxygen atoms in total. The van der Waals surface area contributed by atoms with Gasteiger partial charge in [0.1, 0.15) is 0 Å². The fourth-order valence-corrected chi connectivity index (χ4v) is 3.37. The molecule has 2 rings (SSSR count). The van der Waals surface area contributed by atoms with E-state index in [1.54, 1.807) is 11.8 Å². The molecule has 0 spiro atoms. The van der Waals surface area contributed by atoms with Gasteiger partial charge in [-0.2, -0.15) is 0 Å². The fraction of sp³-hybridized carbons (Fsp3) is 0.235. The summed E-state index contributed by atoms with van der Waals surface area (Å²) in [5.41, 5.74) is 4.63. The summed E-state index contributed by atoms with van der Waals surface area (Å²) < 4.78 is 0. The van der Waals surface area contributed by atoms with Crippen molar-refractivity contribution in [1.82, 2.24) is 0 Å². The van der Waals surface area contributed by atoms with E-state index in [9.17, 15) is 4.79 Å². The molecule has 0 heterocycles. The Hall–Kier alpha value is -1.74. The molecule has 0 saturated heterocycles. The topological polar surface area (TPSA) is 37.3 Å². The molecule has 2 aromatic carbocycles. The van der Waals surface area contributed by atoms with E-state index in [-0.39, 0.29) is 6.42 Å². The van der Waals surface area contributed by atoms with Crippen LogP contribution >= 0.6 is 11.8 Å². The number of rotatable bonds is 4. The lowest BCUT2D eigenvalue weighted by Crippen LogP contribution is -1.99. The van der Waals surface area contributed by atoms with Crippen molar-refractivity contribution < 1.29 is 9.90 Å². The van der Waals surface area contributed by atoms with E-state index < -0.39 is 5.97 Å². The van der Waals surface area contributed by atoms with Crippen LogP contribution in [0.15, 0.2) is 46.2 Å². The van der Waals surface area contributed by atoms with E-state index in [0.717, 1.165) is 10.5 Å². The van der Waals surface area contributed by atoms with Crippen LogP contribution in [0.5, 0.6) is 0 Å². The van der Waals surface area contributed by atoms with Gasteiger partial charge in [0.15, 0.2) is 0 Å². The van der Waals surface area contributed by atoms with Gasteiger partial charge in [-0.1, -0.05) is 41.6 Å². The molecule has 2 aromatic rings. The molecule has 0 unspecified atom stereocenters. The third-order valence-electron chi connectivity index (χ3n) is 3.08. The SMILES string of the molecule is Cc1cc(C)c(Sc2cccc(CC(=O)O)c2)c(C)c1. The summed E-state index contributed by atoms with van der Waals surface area (Å²) in [6, 6.07) is 12.1. The highest BCUT2D eigenvalue weighted by atomic mass is 32.2. The van der Waals surface area contributed by atoms with Crippen molar-refractivity contribution in [3.05, 3.63) is 58.7 Å². The zero-order valence-corrected chi connectivity index (χ0v) is 12.8. The quantitative estimate of drug-likeness (QED) is 0.905. The number of hydrogen-bond acceptors (Lipinski definition) is 2. The number of hydrogen-bond donors (Lipinski definition) is 1. The van der Waals surface area contributed by atoms with E-state index in [2.05, 4.69) is 32.9 Å². The second kappa shape index (κ2) is 6.14. The lowest BCUT2D eigenvalue weighted by Gasteiger charge is -2.11. The molecule has 0 fully saturated rings. The Morgan fingerprint density at radius 2 is 1.75 bits per heavy atom. The Morgan fingerprint density at radius 1 is 1.10 bits per heavy atom. The molecule has 0 aliphatic rings. The van der Waals surface area contributed by atoms with Crippen molar-refractivity contribution >= 4 is 17.7 Å². The molecular weight excluding hydrogens is 268 g/mol. The normalized spacial score (nSPS) is 10.6. The molecule has 0 atom stereocenters. The first-order valence-electron chi connectivity index (χ1n) is 6.52. The summed E-state index contributed by atoms with van der Waals surface area (Å²) in [5.74, 6) is -0.796. The zero-order valence-electron chi connectivity index (χ0n) is 11.9. The van der Waals surface area contributed by atoms with Gasteiger partial charge in [0.05, 0.1) is 6.42 Å². The van der Waals surface area contributed by atoms with Crippen molar-refractivity contribution in [2.24, 2.45) is 0 Å². The van der Waals surface area contributed by atoms with Crippen molar-refractivity contribution in [3.63, 3.8) is 0 Å². The van der Waals surface area contributed by atoms with E-state index in [4.69, 9.17) is 5.11 Å². The Balaban J connectivity index is 2.28. The summed E-state index contributed by atoms with van der Waals surface area (Å²) in [4.78, 5) is 13.1. The lowest BCUT2D eigenvalue weighted by molar-refractivity contribution is -0.136. The molecule has 0 aliphatic heterocycles. The summed E-state index contributed by atoms with van der Waals surface area (Å²) in [6.45, 7) is 6.33. The second-order valence-electron chi connectivity index (χ2n) is 5.05. The van der Waals surface area contributed by atoms with Crippen LogP contribution in [-0.4, -0.2) is 11.1 Å². The van der Waals surface area contributed by atoms with Crippen LogP contribution in [-0.2, 0) is 11.2 Å². The maximum atomic E-state index is 10.8. The minimum atomic E-state index is -0.796. The van der Waals surface area contributed by atoms with Crippen molar-refractivity contribution in [2.45, 2.75) is 37.0 Å². The van der Waals surface area contributed by atoms with Gasteiger partial charge in [0, 0.05) is 9.79 Å². The smallest absolute Gasteiger partial charge is 0.307 e.